The van der Waals surface area contributed by atoms with Crippen LogP contribution in [0, 0.1) is 13.8 Å². The molecule has 2 nitrogen and oxygen atoms in total. The molecule has 0 unspecified atom stereocenters. The fourth-order valence-corrected chi connectivity index (χ4v) is 2.52. The topological polar surface area (TPSA) is 29.1 Å². The number of carbonyl (C=O) groups is 1. The molecule has 110 valence electrons. The van der Waals surface area contributed by atoms with E-state index in [4.69, 9.17) is 0 Å². The van der Waals surface area contributed by atoms with Gasteiger partial charge in [-0.2, -0.15) is 0 Å². The Morgan fingerprint density at radius 3 is 2.48 bits per heavy atom. The Balaban J connectivity index is 2.05. The standard InChI is InChI=1S/C19H23NO/c1-4-18(16-8-6-5-7-9-16)20-19(21)13-17-12-14(2)10-11-15(17)3/h5-12,18H,4,13H2,1-3H3,(H,20,21)/t18-/m1/s1. The fraction of sp³-hybridized carbons (Fsp3) is 0.316. The average molecular weight is 281 g/mol. The third-order valence-corrected chi connectivity index (χ3v) is 3.80. The molecule has 0 aliphatic heterocycles. The van der Waals surface area contributed by atoms with Crippen molar-refractivity contribution in [3.63, 3.8) is 0 Å². The second-order valence-corrected chi connectivity index (χ2v) is 5.55. The van der Waals surface area contributed by atoms with Crippen LogP contribution in [0.2, 0.25) is 0 Å². The molecule has 0 bridgehead atoms. The summed E-state index contributed by atoms with van der Waals surface area (Å²) in [6.07, 6.45) is 1.33. The van der Waals surface area contributed by atoms with E-state index >= 15 is 0 Å². The van der Waals surface area contributed by atoms with Crippen molar-refractivity contribution >= 4 is 5.91 Å². The van der Waals surface area contributed by atoms with E-state index in [0.717, 1.165) is 17.5 Å². The molecule has 2 aromatic rings. The molecule has 0 aliphatic rings. The summed E-state index contributed by atoms with van der Waals surface area (Å²) >= 11 is 0. The fourth-order valence-electron chi connectivity index (χ4n) is 2.52. The first-order valence-electron chi connectivity index (χ1n) is 7.50. The van der Waals surface area contributed by atoms with Crippen molar-refractivity contribution in [1.82, 2.24) is 5.32 Å². The van der Waals surface area contributed by atoms with Gasteiger partial charge in [0.1, 0.15) is 0 Å². The third-order valence-electron chi connectivity index (χ3n) is 3.80. The van der Waals surface area contributed by atoms with Crippen LogP contribution in [0.3, 0.4) is 0 Å². The zero-order valence-corrected chi connectivity index (χ0v) is 13.0. The maximum Gasteiger partial charge on any atom is 0.224 e. The summed E-state index contributed by atoms with van der Waals surface area (Å²) < 4.78 is 0. The van der Waals surface area contributed by atoms with E-state index in [9.17, 15) is 4.79 Å². The van der Waals surface area contributed by atoms with Gasteiger partial charge in [-0.05, 0) is 37.0 Å². The maximum atomic E-state index is 12.3. The largest absolute Gasteiger partial charge is 0.349 e. The van der Waals surface area contributed by atoms with Crippen LogP contribution >= 0.6 is 0 Å². The van der Waals surface area contributed by atoms with Gasteiger partial charge in [0.15, 0.2) is 0 Å². The zero-order chi connectivity index (χ0) is 15.2. The van der Waals surface area contributed by atoms with E-state index < -0.39 is 0 Å². The summed E-state index contributed by atoms with van der Waals surface area (Å²) in [6, 6.07) is 16.5. The summed E-state index contributed by atoms with van der Waals surface area (Å²) in [6.45, 7) is 6.20. The Bertz CT molecular complexity index is 604. The molecule has 2 rings (SSSR count). The molecule has 21 heavy (non-hydrogen) atoms. The lowest BCUT2D eigenvalue weighted by Gasteiger charge is -2.18. The van der Waals surface area contributed by atoms with Gasteiger partial charge in [0, 0.05) is 0 Å². The lowest BCUT2D eigenvalue weighted by atomic mass is 10.0. The van der Waals surface area contributed by atoms with Crippen LogP contribution in [0.5, 0.6) is 0 Å². The van der Waals surface area contributed by atoms with Gasteiger partial charge in [-0.15, -0.1) is 0 Å². The minimum Gasteiger partial charge on any atom is -0.349 e. The SMILES string of the molecule is CC[C@@H](NC(=O)Cc1cc(C)ccc1C)c1ccccc1. The lowest BCUT2D eigenvalue weighted by Crippen LogP contribution is -2.29. The Labute approximate surface area is 127 Å². The van der Waals surface area contributed by atoms with E-state index in [2.05, 4.69) is 56.4 Å². The minimum atomic E-state index is 0.0828. The predicted octanol–water partition coefficient (Wildman–Crippen LogP) is 4.11. The minimum absolute atomic E-state index is 0.0828. The van der Waals surface area contributed by atoms with Crippen molar-refractivity contribution in [1.29, 1.82) is 0 Å². The van der Waals surface area contributed by atoms with Gasteiger partial charge in [-0.1, -0.05) is 61.0 Å². The molecule has 1 amide bonds. The number of aryl methyl sites for hydroxylation is 2. The van der Waals surface area contributed by atoms with Gasteiger partial charge in [-0.3, -0.25) is 4.79 Å². The van der Waals surface area contributed by atoms with Crippen LogP contribution in [-0.2, 0) is 11.2 Å². The first-order valence-corrected chi connectivity index (χ1v) is 7.50. The second kappa shape index (κ2) is 7.07. The lowest BCUT2D eigenvalue weighted by molar-refractivity contribution is -0.121. The zero-order valence-electron chi connectivity index (χ0n) is 13.0. The van der Waals surface area contributed by atoms with Crippen molar-refractivity contribution in [3.05, 3.63) is 70.8 Å². The smallest absolute Gasteiger partial charge is 0.224 e. The number of carbonyl (C=O) groups excluding carboxylic acids is 1. The highest BCUT2D eigenvalue weighted by Crippen LogP contribution is 2.17. The Morgan fingerprint density at radius 2 is 1.81 bits per heavy atom. The number of amides is 1. The molecular weight excluding hydrogens is 258 g/mol. The van der Waals surface area contributed by atoms with Crippen molar-refractivity contribution in [3.8, 4) is 0 Å². The molecule has 0 aromatic heterocycles. The second-order valence-electron chi connectivity index (χ2n) is 5.55. The van der Waals surface area contributed by atoms with Gasteiger partial charge in [0.05, 0.1) is 12.5 Å². The van der Waals surface area contributed by atoms with Crippen LogP contribution in [0.15, 0.2) is 48.5 Å². The molecule has 0 radical (unpaired) electrons. The average Bonchev–Trinajstić information content (AvgIpc) is 2.49. The molecule has 0 saturated heterocycles. The number of benzene rings is 2. The normalized spacial score (nSPS) is 12.0. The Kier molecular flexibility index (Phi) is 5.15. The van der Waals surface area contributed by atoms with E-state index in [1.807, 2.05) is 18.2 Å². The molecule has 0 saturated carbocycles. The quantitative estimate of drug-likeness (QED) is 0.878. The summed E-state index contributed by atoms with van der Waals surface area (Å²) in [5.41, 5.74) is 4.63. The molecule has 0 fully saturated rings. The van der Waals surface area contributed by atoms with Gasteiger partial charge in [0.25, 0.3) is 0 Å². The summed E-state index contributed by atoms with van der Waals surface area (Å²) in [5.74, 6) is 0.0828. The molecule has 0 aliphatic carbocycles. The van der Waals surface area contributed by atoms with Crippen LogP contribution in [-0.4, -0.2) is 5.91 Å². The van der Waals surface area contributed by atoms with Crippen LogP contribution in [0.25, 0.3) is 0 Å². The highest BCUT2D eigenvalue weighted by atomic mass is 16.1. The number of rotatable bonds is 5. The molecule has 1 N–H and O–H groups in total. The van der Waals surface area contributed by atoms with Gasteiger partial charge < -0.3 is 5.32 Å². The van der Waals surface area contributed by atoms with Crippen molar-refractivity contribution < 1.29 is 4.79 Å². The first-order chi connectivity index (χ1) is 10.1. The van der Waals surface area contributed by atoms with Crippen LogP contribution in [0.4, 0.5) is 0 Å². The number of hydrogen-bond donors (Lipinski definition) is 1. The third kappa shape index (κ3) is 4.19. The van der Waals surface area contributed by atoms with Crippen LogP contribution < -0.4 is 5.32 Å². The highest BCUT2D eigenvalue weighted by Gasteiger charge is 2.13. The number of hydrogen-bond acceptors (Lipinski definition) is 1. The summed E-state index contributed by atoms with van der Waals surface area (Å²) in [4.78, 5) is 12.3. The van der Waals surface area contributed by atoms with Gasteiger partial charge in [-0.25, -0.2) is 0 Å². The van der Waals surface area contributed by atoms with E-state index in [1.54, 1.807) is 0 Å². The van der Waals surface area contributed by atoms with Crippen molar-refractivity contribution in [2.75, 3.05) is 0 Å². The molecule has 1 atom stereocenters. The highest BCUT2D eigenvalue weighted by molar-refractivity contribution is 5.79. The van der Waals surface area contributed by atoms with E-state index in [-0.39, 0.29) is 11.9 Å². The summed E-state index contributed by atoms with van der Waals surface area (Å²) in [5, 5.41) is 3.14. The monoisotopic (exact) mass is 281 g/mol. The van der Waals surface area contributed by atoms with Crippen LogP contribution in [0.1, 0.15) is 41.6 Å². The Hall–Kier alpha value is -2.09. The predicted molar refractivity (Wildman–Crippen MR) is 87.2 cm³/mol. The van der Waals surface area contributed by atoms with E-state index in [0.29, 0.717) is 6.42 Å². The van der Waals surface area contributed by atoms with Gasteiger partial charge >= 0.3 is 0 Å². The first kappa shape index (κ1) is 15.3. The van der Waals surface area contributed by atoms with Crippen molar-refractivity contribution in [2.24, 2.45) is 0 Å². The number of nitrogens with one attached hydrogen (secondary N) is 1. The summed E-state index contributed by atoms with van der Waals surface area (Å²) in [7, 11) is 0. The molecule has 0 heterocycles. The van der Waals surface area contributed by atoms with E-state index in [1.165, 1.54) is 11.1 Å². The molecular formula is C19H23NO. The Morgan fingerprint density at radius 1 is 1.10 bits per heavy atom. The molecule has 2 heteroatoms. The van der Waals surface area contributed by atoms with Gasteiger partial charge in [0.2, 0.25) is 5.91 Å². The molecule has 2 aromatic carbocycles. The molecule has 0 spiro atoms. The maximum absolute atomic E-state index is 12.3. The van der Waals surface area contributed by atoms with Crippen molar-refractivity contribution in [2.45, 2.75) is 39.7 Å².